The SMILES string of the molecule is OC1CC(O)C(O)C1O. The van der Waals surface area contributed by atoms with Gasteiger partial charge < -0.3 is 20.4 Å². The largest absolute Gasteiger partial charge is 0.390 e. The maximum Gasteiger partial charge on any atom is 0.108 e. The molecular weight excluding hydrogens is 124 g/mol. The fourth-order valence-corrected chi connectivity index (χ4v) is 0.981. The van der Waals surface area contributed by atoms with Crippen LogP contribution >= 0.6 is 0 Å². The van der Waals surface area contributed by atoms with Crippen LogP contribution in [0.5, 0.6) is 0 Å². The lowest BCUT2D eigenvalue weighted by molar-refractivity contribution is -0.0413. The highest BCUT2D eigenvalue weighted by Crippen LogP contribution is 2.19. The third-order valence-electron chi connectivity index (χ3n) is 1.62. The van der Waals surface area contributed by atoms with E-state index in [-0.39, 0.29) is 6.42 Å². The molecule has 4 N–H and O–H groups in total. The third-order valence-corrected chi connectivity index (χ3v) is 1.62. The highest BCUT2D eigenvalue weighted by molar-refractivity contribution is 4.90. The average molecular weight is 134 g/mol. The molecule has 1 aliphatic rings. The van der Waals surface area contributed by atoms with Gasteiger partial charge in [0.1, 0.15) is 12.2 Å². The molecule has 0 bridgehead atoms. The maximum atomic E-state index is 8.78. The first-order chi connectivity index (χ1) is 4.13. The Morgan fingerprint density at radius 1 is 0.778 bits per heavy atom. The van der Waals surface area contributed by atoms with Crippen molar-refractivity contribution in [3.8, 4) is 0 Å². The normalized spacial score (nSPS) is 52.0. The van der Waals surface area contributed by atoms with E-state index in [9.17, 15) is 0 Å². The van der Waals surface area contributed by atoms with Gasteiger partial charge >= 0.3 is 0 Å². The van der Waals surface area contributed by atoms with Crippen molar-refractivity contribution in [1.29, 1.82) is 0 Å². The molecule has 0 aromatic carbocycles. The second-order valence-electron chi connectivity index (χ2n) is 2.35. The molecule has 0 saturated heterocycles. The monoisotopic (exact) mass is 134 g/mol. The Morgan fingerprint density at radius 2 is 1.11 bits per heavy atom. The summed E-state index contributed by atoms with van der Waals surface area (Å²) >= 11 is 0. The summed E-state index contributed by atoms with van der Waals surface area (Å²) in [4.78, 5) is 0. The average Bonchev–Trinajstić information content (AvgIpc) is 1.98. The highest BCUT2D eigenvalue weighted by Gasteiger charge is 2.39. The molecule has 0 radical (unpaired) electrons. The van der Waals surface area contributed by atoms with Gasteiger partial charge in [-0.2, -0.15) is 0 Å². The minimum Gasteiger partial charge on any atom is -0.390 e. The quantitative estimate of drug-likeness (QED) is 0.304. The predicted octanol–water partition coefficient (Wildman–Crippen LogP) is -2.17. The van der Waals surface area contributed by atoms with E-state index >= 15 is 0 Å². The molecule has 1 aliphatic carbocycles. The molecule has 0 aromatic heterocycles. The van der Waals surface area contributed by atoms with Gasteiger partial charge in [0.05, 0.1) is 12.2 Å². The van der Waals surface area contributed by atoms with Gasteiger partial charge in [-0.15, -0.1) is 0 Å². The van der Waals surface area contributed by atoms with Gasteiger partial charge in [-0.3, -0.25) is 0 Å². The summed E-state index contributed by atoms with van der Waals surface area (Å²) < 4.78 is 0. The van der Waals surface area contributed by atoms with Gasteiger partial charge in [0.25, 0.3) is 0 Å². The van der Waals surface area contributed by atoms with Crippen LogP contribution in [-0.4, -0.2) is 44.8 Å². The maximum absolute atomic E-state index is 8.78. The molecule has 4 atom stereocenters. The topological polar surface area (TPSA) is 80.9 Å². The molecule has 1 fully saturated rings. The fourth-order valence-electron chi connectivity index (χ4n) is 0.981. The van der Waals surface area contributed by atoms with Crippen molar-refractivity contribution >= 4 is 0 Å². The van der Waals surface area contributed by atoms with E-state index in [2.05, 4.69) is 0 Å². The molecule has 0 amide bonds. The van der Waals surface area contributed by atoms with Crippen molar-refractivity contribution in [2.45, 2.75) is 30.8 Å². The minimum atomic E-state index is -1.18. The third kappa shape index (κ3) is 1.07. The summed E-state index contributed by atoms with van der Waals surface area (Å²) in [5.74, 6) is 0. The molecule has 9 heavy (non-hydrogen) atoms. The van der Waals surface area contributed by atoms with Crippen molar-refractivity contribution in [2.75, 3.05) is 0 Å². The van der Waals surface area contributed by atoms with E-state index in [4.69, 9.17) is 20.4 Å². The van der Waals surface area contributed by atoms with Gasteiger partial charge in [-0.25, -0.2) is 0 Å². The van der Waals surface area contributed by atoms with Crippen molar-refractivity contribution in [2.24, 2.45) is 0 Å². The molecular formula is C5H10O4. The number of aliphatic hydroxyl groups excluding tert-OH is 4. The van der Waals surface area contributed by atoms with Crippen LogP contribution in [0.15, 0.2) is 0 Å². The van der Waals surface area contributed by atoms with Crippen LogP contribution in [0.1, 0.15) is 6.42 Å². The van der Waals surface area contributed by atoms with Crippen molar-refractivity contribution in [3.63, 3.8) is 0 Å². The summed E-state index contributed by atoms with van der Waals surface area (Å²) in [5.41, 5.74) is 0. The minimum absolute atomic E-state index is 0.0579. The molecule has 4 heteroatoms. The second kappa shape index (κ2) is 2.22. The first-order valence-electron chi connectivity index (χ1n) is 2.85. The molecule has 1 rings (SSSR count). The zero-order valence-corrected chi connectivity index (χ0v) is 4.81. The van der Waals surface area contributed by atoms with Crippen molar-refractivity contribution in [1.82, 2.24) is 0 Å². The number of rotatable bonds is 0. The lowest BCUT2D eigenvalue weighted by Crippen LogP contribution is -2.32. The van der Waals surface area contributed by atoms with E-state index < -0.39 is 24.4 Å². The molecule has 4 nitrogen and oxygen atoms in total. The van der Waals surface area contributed by atoms with Crippen LogP contribution < -0.4 is 0 Å². The van der Waals surface area contributed by atoms with Gasteiger partial charge in [0, 0.05) is 6.42 Å². The number of hydrogen-bond donors (Lipinski definition) is 4. The van der Waals surface area contributed by atoms with Gasteiger partial charge in [0.2, 0.25) is 0 Å². The number of hydrogen-bond acceptors (Lipinski definition) is 4. The first kappa shape index (κ1) is 6.95. The molecule has 0 spiro atoms. The first-order valence-corrected chi connectivity index (χ1v) is 2.85. The van der Waals surface area contributed by atoms with Crippen molar-refractivity contribution in [3.05, 3.63) is 0 Å². The summed E-state index contributed by atoms with van der Waals surface area (Å²) in [6.45, 7) is 0. The Balaban J connectivity index is 2.54. The molecule has 0 aliphatic heterocycles. The van der Waals surface area contributed by atoms with Gasteiger partial charge in [0.15, 0.2) is 0 Å². The standard InChI is InChI=1S/C5H10O4/c6-2-1-3(7)5(9)4(2)8/h2-9H,1H2. The molecule has 54 valence electrons. The summed E-state index contributed by atoms with van der Waals surface area (Å²) in [7, 11) is 0. The van der Waals surface area contributed by atoms with E-state index in [0.29, 0.717) is 0 Å². The van der Waals surface area contributed by atoms with Crippen LogP contribution in [0.3, 0.4) is 0 Å². The van der Waals surface area contributed by atoms with Crippen LogP contribution in [0.4, 0.5) is 0 Å². The second-order valence-corrected chi connectivity index (χ2v) is 2.35. The smallest absolute Gasteiger partial charge is 0.108 e. The molecule has 0 heterocycles. The Labute approximate surface area is 52.4 Å². The highest BCUT2D eigenvalue weighted by atomic mass is 16.4. The Bertz CT molecular complexity index is 93.1. The van der Waals surface area contributed by atoms with Crippen LogP contribution in [0, 0.1) is 0 Å². The number of aliphatic hydroxyl groups is 4. The van der Waals surface area contributed by atoms with E-state index in [0.717, 1.165) is 0 Å². The lowest BCUT2D eigenvalue weighted by Gasteiger charge is -2.10. The predicted molar refractivity (Wildman–Crippen MR) is 28.6 cm³/mol. The van der Waals surface area contributed by atoms with E-state index in [1.807, 2.05) is 0 Å². The summed E-state index contributed by atoms with van der Waals surface area (Å²) in [5, 5.41) is 35.1. The van der Waals surface area contributed by atoms with Gasteiger partial charge in [-0.1, -0.05) is 0 Å². The van der Waals surface area contributed by atoms with Crippen LogP contribution in [0.2, 0.25) is 0 Å². The van der Waals surface area contributed by atoms with Crippen molar-refractivity contribution < 1.29 is 20.4 Å². The van der Waals surface area contributed by atoms with E-state index in [1.165, 1.54) is 0 Å². The Hall–Kier alpha value is -0.160. The van der Waals surface area contributed by atoms with Gasteiger partial charge in [-0.05, 0) is 0 Å². The van der Waals surface area contributed by atoms with E-state index in [1.54, 1.807) is 0 Å². The zero-order chi connectivity index (χ0) is 7.02. The summed E-state index contributed by atoms with van der Waals surface area (Å²) in [6.07, 6.45) is -4.26. The lowest BCUT2D eigenvalue weighted by atomic mass is 10.2. The molecule has 4 unspecified atom stereocenters. The van der Waals surface area contributed by atoms with Crippen LogP contribution in [-0.2, 0) is 0 Å². The molecule has 0 aromatic rings. The fraction of sp³-hybridized carbons (Fsp3) is 1.00. The Kier molecular flexibility index (Phi) is 1.72. The zero-order valence-electron chi connectivity index (χ0n) is 4.81. The Morgan fingerprint density at radius 3 is 1.22 bits per heavy atom. The molecule has 1 saturated carbocycles. The van der Waals surface area contributed by atoms with Crippen LogP contribution in [0.25, 0.3) is 0 Å². The summed E-state index contributed by atoms with van der Waals surface area (Å²) in [6, 6.07) is 0.